The third-order valence-electron chi connectivity index (χ3n) is 3.50. The predicted molar refractivity (Wildman–Crippen MR) is 80.9 cm³/mol. The van der Waals surface area contributed by atoms with Crippen LogP contribution in [-0.2, 0) is 6.54 Å². The van der Waals surface area contributed by atoms with Crippen LogP contribution < -0.4 is 10.1 Å². The Kier molecular flexibility index (Phi) is 5.17. The van der Waals surface area contributed by atoms with Crippen LogP contribution in [0.15, 0.2) is 42.5 Å². The van der Waals surface area contributed by atoms with Crippen LogP contribution in [0.25, 0.3) is 0 Å². The second-order valence-electron chi connectivity index (χ2n) is 4.86. The van der Waals surface area contributed by atoms with Gasteiger partial charge in [-0.05, 0) is 30.7 Å². The highest BCUT2D eigenvalue weighted by Crippen LogP contribution is 2.27. The molecule has 4 heteroatoms. The first-order valence-corrected chi connectivity index (χ1v) is 6.99. The number of phenols is 1. The lowest BCUT2D eigenvalue weighted by atomic mass is 10.0. The maximum atomic E-state index is 13.2. The lowest BCUT2D eigenvalue weighted by Gasteiger charge is -2.20. The van der Waals surface area contributed by atoms with Gasteiger partial charge in [-0.3, -0.25) is 0 Å². The molecule has 0 saturated heterocycles. The predicted octanol–water partition coefficient (Wildman–Crippen LogP) is 3.78. The fourth-order valence-electron chi connectivity index (χ4n) is 2.36. The quantitative estimate of drug-likeness (QED) is 0.850. The summed E-state index contributed by atoms with van der Waals surface area (Å²) in [6, 6.07) is 11.8. The highest BCUT2D eigenvalue weighted by Gasteiger charge is 2.14. The Bertz CT molecular complexity index is 601. The Labute approximate surface area is 124 Å². The summed E-state index contributed by atoms with van der Waals surface area (Å²) in [7, 11) is 1.64. The van der Waals surface area contributed by atoms with Crippen molar-refractivity contribution in [1.29, 1.82) is 0 Å². The molecule has 0 aromatic heterocycles. The molecule has 0 aliphatic heterocycles. The fourth-order valence-corrected chi connectivity index (χ4v) is 2.36. The Morgan fingerprint density at radius 1 is 1.24 bits per heavy atom. The Balaban J connectivity index is 2.14. The minimum atomic E-state index is -0.352. The summed E-state index contributed by atoms with van der Waals surface area (Å²) in [6.45, 7) is 2.45. The maximum absolute atomic E-state index is 13.2. The van der Waals surface area contributed by atoms with E-state index < -0.39 is 0 Å². The monoisotopic (exact) mass is 289 g/mol. The van der Waals surface area contributed by atoms with Crippen molar-refractivity contribution < 1.29 is 14.2 Å². The average molecular weight is 289 g/mol. The van der Waals surface area contributed by atoms with Crippen LogP contribution >= 0.6 is 0 Å². The highest BCUT2D eigenvalue weighted by molar-refractivity contribution is 5.36. The highest BCUT2D eigenvalue weighted by atomic mass is 19.1. The van der Waals surface area contributed by atoms with Crippen LogP contribution in [0.1, 0.15) is 30.5 Å². The standard InChI is InChI=1S/C17H20FNO2/c1-3-15(14-6-4-5-7-17(14)21-2)19-11-12-10-13(18)8-9-16(12)20/h4-10,15,19-20H,3,11H2,1-2H3. The second kappa shape index (κ2) is 7.09. The molecule has 2 aromatic rings. The Morgan fingerprint density at radius 2 is 2.00 bits per heavy atom. The van der Waals surface area contributed by atoms with E-state index in [-0.39, 0.29) is 17.6 Å². The van der Waals surface area contributed by atoms with E-state index in [1.165, 1.54) is 18.2 Å². The van der Waals surface area contributed by atoms with Crippen molar-refractivity contribution in [3.05, 3.63) is 59.4 Å². The Morgan fingerprint density at radius 3 is 2.71 bits per heavy atom. The van der Waals surface area contributed by atoms with E-state index in [9.17, 15) is 9.50 Å². The average Bonchev–Trinajstić information content (AvgIpc) is 2.51. The number of para-hydroxylation sites is 1. The lowest BCUT2D eigenvalue weighted by Crippen LogP contribution is -2.21. The van der Waals surface area contributed by atoms with Crippen molar-refractivity contribution in [2.45, 2.75) is 25.9 Å². The molecule has 21 heavy (non-hydrogen) atoms. The summed E-state index contributed by atoms with van der Waals surface area (Å²) in [5, 5.41) is 13.1. The van der Waals surface area contributed by atoms with Crippen molar-refractivity contribution >= 4 is 0 Å². The number of hydrogen-bond donors (Lipinski definition) is 2. The molecule has 2 N–H and O–H groups in total. The van der Waals surface area contributed by atoms with Crippen molar-refractivity contribution in [2.24, 2.45) is 0 Å². The summed E-state index contributed by atoms with van der Waals surface area (Å²) in [4.78, 5) is 0. The number of halogens is 1. The molecule has 0 aliphatic rings. The number of aromatic hydroxyl groups is 1. The van der Waals surface area contributed by atoms with Gasteiger partial charge >= 0.3 is 0 Å². The molecule has 0 saturated carbocycles. The number of methoxy groups -OCH3 is 1. The van der Waals surface area contributed by atoms with Gasteiger partial charge in [0.25, 0.3) is 0 Å². The van der Waals surface area contributed by atoms with E-state index >= 15 is 0 Å². The third-order valence-corrected chi connectivity index (χ3v) is 3.50. The van der Waals surface area contributed by atoms with Gasteiger partial charge in [-0.25, -0.2) is 4.39 Å². The maximum Gasteiger partial charge on any atom is 0.123 e. The largest absolute Gasteiger partial charge is 0.508 e. The zero-order valence-electron chi connectivity index (χ0n) is 12.3. The van der Waals surface area contributed by atoms with E-state index in [4.69, 9.17) is 4.74 Å². The third kappa shape index (κ3) is 3.73. The van der Waals surface area contributed by atoms with Crippen LogP contribution in [0.5, 0.6) is 11.5 Å². The molecule has 112 valence electrons. The molecular weight excluding hydrogens is 269 g/mol. The smallest absolute Gasteiger partial charge is 0.123 e. The second-order valence-corrected chi connectivity index (χ2v) is 4.86. The van der Waals surface area contributed by atoms with E-state index in [0.29, 0.717) is 12.1 Å². The first-order chi connectivity index (χ1) is 10.2. The first kappa shape index (κ1) is 15.3. The summed E-state index contributed by atoms with van der Waals surface area (Å²) in [5.41, 5.74) is 1.60. The normalized spacial score (nSPS) is 12.1. The van der Waals surface area contributed by atoms with Gasteiger partial charge < -0.3 is 15.2 Å². The fraction of sp³-hybridized carbons (Fsp3) is 0.294. The molecule has 2 rings (SSSR count). The van der Waals surface area contributed by atoms with Gasteiger partial charge in [-0.1, -0.05) is 25.1 Å². The van der Waals surface area contributed by atoms with Crippen molar-refractivity contribution in [3.63, 3.8) is 0 Å². The van der Waals surface area contributed by atoms with Crippen molar-refractivity contribution in [3.8, 4) is 11.5 Å². The minimum absolute atomic E-state index is 0.0730. The van der Waals surface area contributed by atoms with Crippen LogP contribution in [0.2, 0.25) is 0 Å². The first-order valence-electron chi connectivity index (χ1n) is 6.99. The topological polar surface area (TPSA) is 41.5 Å². The summed E-state index contributed by atoms with van der Waals surface area (Å²) >= 11 is 0. The van der Waals surface area contributed by atoms with Gasteiger partial charge in [-0.15, -0.1) is 0 Å². The van der Waals surface area contributed by atoms with Gasteiger partial charge in [0.1, 0.15) is 17.3 Å². The zero-order valence-corrected chi connectivity index (χ0v) is 12.3. The molecule has 1 atom stereocenters. The molecule has 0 fully saturated rings. The molecule has 0 aliphatic carbocycles. The molecule has 0 bridgehead atoms. The molecular formula is C17H20FNO2. The van der Waals surface area contributed by atoms with E-state index in [0.717, 1.165) is 17.7 Å². The molecule has 2 aromatic carbocycles. The minimum Gasteiger partial charge on any atom is -0.508 e. The van der Waals surface area contributed by atoms with Gasteiger partial charge in [-0.2, -0.15) is 0 Å². The number of rotatable bonds is 6. The molecule has 3 nitrogen and oxygen atoms in total. The number of ether oxygens (including phenoxy) is 1. The molecule has 0 amide bonds. The number of phenolic OH excluding ortho intramolecular Hbond substituents is 1. The summed E-state index contributed by atoms with van der Waals surface area (Å²) < 4.78 is 18.6. The lowest BCUT2D eigenvalue weighted by molar-refractivity contribution is 0.395. The SMILES string of the molecule is CCC(NCc1cc(F)ccc1O)c1ccccc1OC. The summed E-state index contributed by atoms with van der Waals surface area (Å²) in [6.07, 6.45) is 0.858. The van der Waals surface area contributed by atoms with E-state index in [1.807, 2.05) is 24.3 Å². The molecule has 0 spiro atoms. The van der Waals surface area contributed by atoms with E-state index in [1.54, 1.807) is 7.11 Å². The molecule has 0 radical (unpaired) electrons. The van der Waals surface area contributed by atoms with Crippen LogP contribution in [0.3, 0.4) is 0 Å². The molecule has 0 heterocycles. The van der Waals surface area contributed by atoms with Gasteiger partial charge in [0.05, 0.1) is 7.11 Å². The molecule has 1 unspecified atom stereocenters. The van der Waals surface area contributed by atoms with Crippen LogP contribution in [0, 0.1) is 5.82 Å². The van der Waals surface area contributed by atoms with Crippen LogP contribution in [0.4, 0.5) is 4.39 Å². The zero-order chi connectivity index (χ0) is 15.2. The number of benzene rings is 2. The van der Waals surface area contributed by atoms with Crippen molar-refractivity contribution in [2.75, 3.05) is 7.11 Å². The van der Waals surface area contributed by atoms with Gasteiger partial charge in [0.2, 0.25) is 0 Å². The Hall–Kier alpha value is -2.07. The summed E-state index contributed by atoms with van der Waals surface area (Å²) in [5.74, 6) is 0.564. The number of hydrogen-bond acceptors (Lipinski definition) is 3. The van der Waals surface area contributed by atoms with Crippen molar-refractivity contribution in [1.82, 2.24) is 5.32 Å². The number of nitrogens with one attached hydrogen (secondary N) is 1. The van der Waals surface area contributed by atoms with Gasteiger partial charge in [0, 0.05) is 23.7 Å². The van der Waals surface area contributed by atoms with Gasteiger partial charge in [0.15, 0.2) is 0 Å². The van der Waals surface area contributed by atoms with E-state index in [2.05, 4.69) is 12.2 Å². The van der Waals surface area contributed by atoms with Crippen LogP contribution in [-0.4, -0.2) is 12.2 Å².